The van der Waals surface area contributed by atoms with Crippen molar-refractivity contribution in [2.45, 2.75) is 39.3 Å². The largest absolute Gasteiger partial charge is 0.368 e. The van der Waals surface area contributed by atoms with Gasteiger partial charge in [0.05, 0.1) is 0 Å². The number of anilines is 2. The molecule has 0 aliphatic carbocycles. The highest BCUT2D eigenvalue weighted by Gasteiger charge is 2.23. The van der Waals surface area contributed by atoms with Gasteiger partial charge in [-0.2, -0.15) is 0 Å². The lowest BCUT2D eigenvalue weighted by molar-refractivity contribution is -0.124. The Hall–Kier alpha value is -3.12. The van der Waals surface area contributed by atoms with Gasteiger partial charge in [0.25, 0.3) is 11.8 Å². The number of fused-ring (bicyclic) bond motifs is 1. The van der Waals surface area contributed by atoms with Crippen molar-refractivity contribution in [1.29, 1.82) is 0 Å². The Morgan fingerprint density at radius 2 is 1.93 bits per heavy atom. The minimum Gasteiger partial charge on any atom is -0.368 e. The van der Waals surface area contributed by atoms with Crippen LogP contribution in [0, 0.1) is 5.92 Å². The molecule has 156 valence electrons. The van der Waals surface area contributed by atoms with Crippen molar-refractivity contribution in [3.8, 4) is 0 Å². The number of hydrogen-bond donors (Lipinski definition) is 2. The van der Waals surface area contributed by atoms with E-state index in [1.54, 1.807) is 24.3 Å². The molecule has 6 heteroatoms. The van der Waals surface area contributed by atoms with Crippen molar-refractivity contribution >= 4 is 34.1 Å². The fourth-order valence-corrected chi connectivity index (χ4v) is 3.78. The molecule has 1 atom stereocenters. The van der Waals surface area contributed by atoms with Crippen LogP contribution in [0.15, 0.2) is 54.7 Å². The van der Waals surface area contributed by atoms with Gasteiger partial charge >= 0.3 is 0 Å². The van der Waals surface area contributed by atoms with Crippen molar-refractivity contribution < 1.29 is 14.3 Å². The number of nitrogens with zero attached hydrogens (tertiary/aromatic N) is 1. The van der Waals surface area contributed by atoms with Crippen LogP contribution >= 0.6 is 0 Å². The molecular formula is C24H27N3O3. The third-order valence-electron chi connectivity index (χ3n) is 5.21. The Balaban J connectivity index is 1.45. The predicted octanol–water partition coefficient (Wildman–Crippen LogP) is 4.67. The van der Waals surface area contributed by atoms with E-state index < -0.39 is 6.10 Å². The second kappa shape index (κ2) is 8.71. The van der Waals surface area contributed by atoms with Crippen molar-refractivity contribution in [3.63, 3.8) is 0 Å². The molecule has 1 aromatic heterocycles. The molecular weight excluding hydrogens is 378 g/mol. The van der Waals surface area contributed by atoms with Gasteiger partial charge in [0.15, 0.2) is 0 Å². The topological polar surface area (TPSA) is 72.4 Å². The average Bonchev–Trinajstić information content (AvgIpc) is 3.38. The molecule has 2 heterocycles. The van der Waals surface area contributed by atoms with E-state index in [9.17, 15) is 9.59 Å². The summed E-state index contributed by atoms with van der Waals surface area (Å²) in [4.78, 5) is 25.0. The minimum absolute atomic E-state index is 0.165. The van der Waals surface area contributed by atoms with Gasteiger partial charge in [-0.3, -0.25) is 9.59 Å². The monoisotopic (exact) mass is 405 g/mol. The lowest BCUT2D eigenvalue weighted by Gasteiger charge is -2.12. The van der Waals surface area contributed by atoms with Crippen LogP contribution < -0.4 is 10.6 Å². The molecule has 0 bridgehead atoms. The summed E-state index contributed by atoms with van der Waals surface area (Å²) >= 11 is 0. The second-order valence-corrected chi connectivity index (χ2v) is 8.16. The Labute approximate surface area is 176 Å². The molecule has 1 aliphatic rings. The van der Waals surface area contributed by atoms with E-state index in [4.69, 9.17) is 4.74 Å². The highest BCUT2D eigenvalue weighted by Crippen LogP contribution is 2.23. The number of amides is 2. The standard InChI is InChI=1S/C24H27N3O3/c1-16(2)15-27-11-10-17-13-20(8-9-21(17)27)25-23(28)18-5-3-6-19(14-18)26-24(29)22-7-4-12-30-22/h3,5-6,8-11,13-14,16,22H,4,7,12,15H2,1-2H3,(H,25,28)(H,26,29). The predicted molar refractivity (Wildman–Crippen MR) is 119 cm³/mol. The first-order valence-electron chi connectivity index (χ1n) is 10.4. The summed E-state index contributed by atoms with van der Waals surface area (Å²) in [5.74, 6) is 0.179. The number of aromatic nitrogens is 1. The summed E-state index contributed by atoms with van der Waals surface area (Å²) in [6.07, 6.45) is 3.30. The highest BCUT2D eigenvalue weighted by atomic mass is 16.5. The van der Waals surface area contributed by atoms with Gasteiger partial charge in [-0.05, 0) is 61.2 Å². The molecule has 2 N–H and O–H groups in total. The maximum Gasteiger partial charge on any atom is 0.255 e. The number of carbonyl (C=O) groups excluding carboxylic acids is 2. The van der Waals surface area contributed by atoms with Crippen LogP contribution in [-0.4, -0.2) is 29.1 Å². The summed E-state index contributed by atoms with van der Waals surface area (Å²) in [6, 6.07) is 14.9. The lowest BCUT2D eigenvalue weighted by atomic mass is 10.1. The number of hydrogen-bond acceptors (Lipinski definition) is 3. The van der Waals surface area contributed by atoms with Gasteiger partial charge in [-0.25, -0.2) is 0 Å². The van der Waals surface area contributed by atoms with E-state index in [-0.39, 0.29) is 11.8 Å². The third-order valence-corrected chi connectivity index (χ3v) is 5.21. The van der Waals surface area contributed by atoms with Crippen LogP contribution in [0.4, 0.5) is 11.4 Å². The van der Waals surface area contributed by atoms with E-state index in [1.165, 1.54) is 0 Å². The zero-order chi connectivity index (χ0) is 21.1. The molecule has 4 rings (SSSR count). The van der Waals surface area contributed by atoms with E-state index in [2.05, 4.69) is 41.3 Å². The van der Waals surface area contributed by atoms with Crippen molar-refractivity contribution in [2.24, 2.45) is 5.92 Å². The van der Waals surface area contributed by atoms with Gasteiger partial charge in [0.1, 0.15) is 6.10 Å². The average molecular weight is 405 g/mol. The van der Waals surface area contributed by atoms with Crippen LogP contribution in [0.3, 0.4) is 0 Å². The first kappa shape index (κ1) is 20.2. The van der Waals surface area contributed by atoms with Crippen molar-refractivity contribution in [3.05, 3.63) is 60.3 Å². The van der Waals surface area contributed by atoms with Gasteiger partial charge < -0.3 is 19.9 Å². The van der Waals surface area contributed by atoms with Crippen LogP contribution in [0.25, 0.3) is 10.9 Å². The zero-order valence-electron chi connectivity index (χ0n) is 17.4. The van der Waals surface area contributed by atoms with Crippen molar-refractivity contribution in [1.82, 2.24) is 4.57 Å². The third kappa shape index (κ3) is 4.54. The van der Waals surface area contributed by atoms with Gasteiger partial charge in [0.2, 0.25) is 0 Å². The van der Waals surface area contributed by atoms with Gasteiger partial charge in [-0.15, -0.1) is 0 Å². The van der Waals surface area contributed by atoms with E-state index in [0.29, 0.717) is 23.8 Å². The summed E-state index contributed by atoms with van der Waals surface area (Å²) in [5, 5.41) is 6.88. The zero-order valence-corrected chi connectivity index (χ0v) is 17.4. The quantitative estimate of drug-likeness (QED) is 0.626. The normalized spacial score (nSPS) is 16.2. The van der Waals surface area contributed by atoms with Crippen LogP contribution in [0.1, 0.15) is 37.0 Å². The Morgan fingerprint density at radius 3 is 2.70 bits per heavy atom. The SMILES string of the molecule is CC(C)Cn1ccc2cc(NC(=O)c3cccc(NC(=O)C4CCCO4)c3)ccc21. The molecule has 1 aliphatic heterocycles. The Kier molecular flexibility index (Phi) is 5.86. The summed E-state index contributed by atoms with van der Waals surface area (Å²) in [6.45, 7) is 5.96. The molecule has 30 heavy (non-hydrogen) atoms. The maximum atomic E-state index is 12.7. The molecule has 2 amide bonds. The van der Waals surface area contributed by atoms with Gasteiger partial charge in [-0.1, -0.05) is 19.9 Å². The maximum absolute atomic E-state index is 12.7. The highest BCUT2D eigenvalue weighted by molar-refractivity contribution is 6.06. The van der Waals surface area contributed by atoms with Crippen LogP contribution in [-0.2, 0) is 16.1 Å². The number of carbonyl (C=O) groups is 2. The first-order valence-corrected chi connectivity index (χ1v) is 10.4. The van der Waals surface area contributed by atoms with Crippen LogP contribution in [0.2, 0.25) is 0 Å². The fraction of sp³-hybridized carbons (Fsp3) is 0.333. The lowest BCUT2D eigenvalue weighted by Crippen LogP contribution is -2.27. The summed E-state index contributed by atoms with van der Waals surface area (Å²) < 4.78 is 7.64. The number of rotatable bonds is 6. The van der Waals surface area contributed by atoms with Gasteiger partial charge in [0, 0.05) is 47.2 Å². The molecule has 1 unspecified atom stereocenters. The summed E-state index contributed by atoms with van der Waals surface area (Å²) in [7, 11) is 0. The molecule has 0 saturated carbocycles. The fourth-order valence-electron chi connectivity index (χ4n) is 3.78. The molecule has 0 spiro atoms. The number of benzene rings is 2. The van der Waals surface area contributed by atoms with E-state index in [1.807, 2.05) is 18.2 Å². The van der Waals surface area contributed by atoms with Crippen LogP contribution in [0.5, 0.6) is 0 Å². The number of nitrogens with one attached hydrogen (secondary N) is 2. The molecule has 2 aromatic carbocycles. The summed E-state index contributed by atoms with van der Waals surface area (Å²) in [5.41, 5.74) is 2.96. The van der Waals surface area contributed by atoms with E-state index in [0.717, 1.165) is 36.0 Å². The second-order valence-electron chi connectivity index (χ2n) is 8.16. The van der Waals surface area contributed by atoms with Crippen molar-refractivity contribution in [2.75, 3.05) is 17.2 Å². The molecule has 3 aromatic rings. The first-order chi connectivity index (χ1) is 14.5. The minimum atomic E-state index is -0.405. The smallest absolute Gasteiger partial charge is 0.255 e. The Morgan fingerprint density at radius 1 is 1.10 bits per heavy atom. The molecule has 1 saturated heterocycles. The molecule has 1 fully saturated rings. The molecule has 0 radical (unpaired) electrons. The van der Waals surface area contributed by atoms with E-state index >= 15 is 0 Å². The number of ether oxygens (including phenoxy) is 1. The molecule has 6 nitrogen and oxygen atoms in total. The Bertz CT molecular complexity index is 1060.